The number of nitrogen functional groups attached to an aromatic ring is 1. The quantitative estimate of drug-likeness (QED) is 0.565. The molecule has 0 radical (unpaired) electrons. The molecule has 2 heterocycles. The van der Waals surface area contributed by atoms with E-state index >= 15 is 0 Å². The molecule has 0 amide bonds. The van der Waals surface area contributed by atoms with Crippen molar-refractivity contribution in [3.05, 3.63) is 40.9 Å². The fourth-order valence-electron chi connectivity index (χ4n) is 1.73. The van der Waals surface area contributed by atoms with E-state index in [4.69, 9.17) is 5.73 Å². The first kappa shape index (κ1) is 7.32. The van der Waals surface area contributed by atoms with Gasteiger partial charge in [-0.25, -0.2) is 4.98 Å². The SMILES string of the molecule is Nc1cc2cccc3ncn(c1=O)c23. The topological polar surface area (TPSA) is 60.4 Å². The Morgan fingerprint density at radius 1 is 1.36 bits per heavy atom. The minimum Gasteiger partial charge on any atom is -0.394 e. The van der Waals surface area contributed by atoms with Crippen molar-refractivity contribution in [3.8, 4) is 0 Å². The third-order valence-electron chi connectivity index (χ3n) is 2.38. The molecule has 0 aliphatic carbocycles. The molecule has 3 aromatic rings. The molecule has 0 atom stereocenters. The standard InChI is InChI=1S/C10H7N3O/c11-7-4-6-2-1-3-8-9(6)13(5-12-8)10(7)14/h1-5H,11H2. The molecule has 1 aromatic carbocycles. The maximum absolute atomic E-state index is 11.6. The lowest BCUT2D eigenvalue weighted by molar-refractivity contribution is 1.10. The van der Waals surface area contributed by atoms with E-state index in [1.807, 2.05) is 18.2 Å². The highest BCUT2D eigenvalue weighted by atomic mass is 16.1. The molecule has 4 nitrogen and oxygen atoms in total. The summed E-state index contributed by atoms with van der Waals surface area (Å²) in [6.45, 7) is 0. The van der Waals surface area contributed by atoms with Crippen LogP contribution in [0.5, 0.6) is 0 Å². The van der Waals surface area contributed by atoms with Crippen LogP contribution in [0.2, 0.25) is 0 Å². The molecule has 0 saturated heterocycles. The maximum Gasteiger partial charge on any atom is 0.279 e. The van der Waals surface area contributed by atoms with E-state index in [1.54, 1.807) is 6.07 Å². The summed E-state index contributed by atoms with van der Waals surface area (Å²) in [6.07, 6.45) is 1.51. The molecular weight excluding hydrogens is 178 g/mol. The number of hydrogen-bond donors (Lipinski definition) is 1. The van der Waals surface area contributed by atoms with Crippen molar-refractivity contribution >= 4 is 22.1 Å². The zero-order valence-corrected chi connectivity index (χ0v) is 7.27. The second kappa shape index (κ2) is 2.23. The summed E-state index contributed by atoms with van der Waals surface area (Å²) < 4.78 is 1.49. The first-order chi connectivity index (χ1) is 6.77. The number of rotatable bonds is 0. The number of aromatic nitrogens is 2. The molecule has 0 unspecified atom stereocenters. The average molecular weight is 185 g/mol. The molecule has 0 aliphatic rings. The monoisotopic (exact) mass is 185 g/mol. The Kier molecular flexibility index (Phi) is 1.16. The number of para-hydroxylation sites is 1. The van der Waals surface area contributed by atoms with Gasteiger partial charge in [0.2, 0.25) is 0 Å². The molecule has 2 N–H and O–H groups in total. The maximum atomic E-state index is 11.6. The van der Waals surface area contributed by atoms with Gasteiger partial charge < -0.3 is 5.73 Å². The minimum atomic E-state index is -0.203. The fraction of sp³-hybridized carbons (Fsp3) is 0. The zero-order valence-electron chi connectivity index (χ0n) is 7.27. The number of benzene rings is 1. The highest BCUT2D eigenvalue weighted by molar-refractivity contribution is 5.94. The summed E-state index contributed by atoms with van der Waals surface area (Å²) in [5.41, 5.74) is 7.30. The molecule has 2 aromatic heterocycles. The fourth-order valence-corrected chi connectivity index (χ4v) is 1.73. The smallest absolute Gasteiger partial charge is 0.279 e. The van der Waals surface area contributed by atoms with Gasteiger partial charge in [-0.05, 0) is 12.1 Å². The highest BCUT2D eigenvalue weighted by Gasteiger charge is 2.07. The van der Waals surface area contributed by atoms with Crippen molar-refractivity contribution in [3.63, 3.8) is 0 Å². The van der Waals surface area contributed by atoms with Crippen LogP contribution in [-0.4, -0.2) is 9.38 Å². The van der Waals surface area contributed by atoms with Crippen LogP contribution in [0.4, 0.5) is 5.69 Å². The van der Waals surface area contributed by atoms with E-state index in [0.717, 1.165) is 16.4 Å². The molecule has 0 bridgehead atoms. The van der Waals surface area contributed by atoms with E-state index in [1.165, 1.54) is 10.7 Å². The Hall–Kier alpha value is -2.10. The Balaban J connectivity index is 2.78. The number of anilines is 1. The minimum absolute atomic E-state index is 0.203. The number of nitrogens with two attached hydrogens (primary N) is 1. The normalized spacial score (nSPS) is 11.4. The van der Waals surface area contributed by atoms with Gasteiger partial charge in [0, 0.05) is 5.39 Å². The highest BCUT2D eigenvalue weighted by Crippen LogP contribution is 2.19. The Morgan fingerprint density at radius 2 is 2.21 bits per heavy atom. The third kappa shape index (κ3) is 0.724. The molecule has 0 saturated carbocycles. The number of nitrogens with zero attached hydrogens (tertiary/aromatic N) is 2. The van der Waals surface area contributed by atoms with E-state index in [-0.39, 0.29) is 11.2 Å². The molecule has 0 aliphatic heterocycles. The van der Waals surface area contributed by atoms with E-state index in [2.05, 4.69) is 4.98 Å². The second-order valence-corrected chi connectivity index (χ2v) is 3.23. The van der Waals surface area contributed by atoms with Crippen molar-refractivity contribution < 1.29 is 0 Å². The van der Waals surface area contributed by atoms with Crippen LogP contribution in [0.3, 0.4) is 0 Å². The third-order valence-corrected chi connectivity index (χ3v) is 2.38. The molecule has 14 heavy (non-hydrogen) atoms. The van der Waals surface area contributed by atoms with Gasteiger partial charge >= 0.3 is 0 Å². The lowest BCUT2D eigenvalue weighted by Gasteiger charge is -1.99. The molecule has 68 valence electrons. The van der Waals surface area contributed by atoms with Crippen LogP contribution in [0, 0.1) is 0 Å². The van der Waals surface area contributed by atoms with Gasteiger partial charge in [0.05, 0.1) is 16.7 Å². The lowest BCUT2D eigenvalue weighted by atomic mass is 10.2. The van der Waals surface area contributed by atoms with Gasteiger partial charge in [-0.15, -0.1) is 0 Å². The zero-order chi connectivity index (χ0) is 9.71. The summed E-state index contributed by atoms with van der Waals surface area (Å²) >= 11 is 0. The van der Waals surface area contributed by atoms with Gasteiger partial charge in [0.15, 0.2) is 0 Å². The average Bonchev–Trinajstić information content (AvgIpc) is 2.60. The van der Waals surface area contributed by atoms with Crippen molar-refractivity contribution in [1.82, 2.24) is 9.38 Å². The van der Waals surface area contributed by atoms with Crippen LogP contribution in [0.1, 0.15) is 0 Å². The van der Waals surface area contributed by atoms with Gasteiger partial charge in [0.1, 0.15) is 6.33 Å². The van der Waals surface area contributed by atoms with Crippen molar-refractivity contribution in [2.24, 2.45) is 0 Å². The largest absolute Gasteiger partial charge is 0.394 e. The predicted molar refractivity (Wildman–Crippen MR) is 54.6 cm³/mol. The molecule has 3 rings (SSSR count). The van der Waals surface area contributed by atoms with Crippen LogP contribution >= 0.6 is 0 Å². The lowest BCUT2D eigenvalue weighted by Crippen LogP contribution is -2.15. The summed E-state index contributed by atoms with van der Waals surface area (Å²) in [5.74, 6) is 0. The van der Waals surface area contributed by atoms with E-state index in [9.17, 15) is 4.79 Å². The van der Waals surface area contributed by atoms with E-state index in [0.29, 0.717) is 0 Å². The van der Waals surface area contributed by atoms with Crippen LogP contribution in [0.25, 0.3) is 16.4 Å². The summed E-state index contributed by atoms with van der Waals surface area (Å²) in [6, 6.07) is 7.37. The first-order valence-corrected chi connectivity index (χ1v) is 4.25. The van der Waals surface area contributed by atoms with Gasteiger partial charge in [-0.2, -0.15) is 0 Å². The molecular formula is C10H7N3O. The van der Waals surface area contributed by atoms with Gasteiger partial charge in [0.25, 0.3) is 5.56 Å². The predicted octanol–water partition coefficient (Wildman–Crippen LogP) is 0.868. The summed E-state index contributed by atoms with van der Waals surface area (Å²) in [4.78, 5) is 15.7. The summed E-state index contributed by atoms with van der Waals surface area (Å²) in [5, 5.41) is 0.942. The Bertz CT molecular complexity index is 671. The first-order valence-electron chi connectivity index (χ1n) is 4.25. The molecule has 0 spiro atoms. The van der Waals surface area contributed by atoms with Crippen LogP contribution in [-0.2, 0) is 0 Å². The van der Waals surface area contributed by atoms with Crippen molar-refractivity contribution in [1.29, 1.82) is 0 Å². The number of pyridine rings is 1. The Morgan fingerprint density at radius 3 is 3.07 bits per heavy atom. The molecule has 0 fully saturated rings. The van der Waals surface area contributed by atoms with Gasteiger partial charge in [-0.3, -0.25) is 9.20 Å². The Labute approximate surface area is 78.9 Å². The number of imidazole rings is 1. The van der Waals surface area contributed by atoms with Crippen molar-refractivity contribution in [2.45, 2.75) is 0 Å². The van der Waals surface area contributed by atoms with E-state index < -0.39 is 0 Å². The van der Waals surface area contributed by atoms with Crippen LogP contribution in [0.15, 0.2) is 35.4 Å². The van der Waals surface area contributed by atoms with Crippen molar-refractivity contribution in [2.75, 3.05) is 5.73 Å². The van der Waals surface area contributed by atoms with Crippen LogP contribution < -0.4 is 11.3 Å². The molecule has 4 heteroatoms. The number of hydrogen-bond acceptors (Lipinski definition) is 3. The second-order valence-electron chi connectivity index (χ2n) is 3.23. The summed E-state index contributed by atoms with van der Waals surface area (Å²) in [7, 11) is 0. The van der Waals surface area contributed by atoms with Gasteiger partial charge in [-0.1, -0.05) is 12.1 Å².